The minimum Gasteiger partial charge on any atom is -0.296 e. The van der Waals surface area contributed by atoms with Crippen LogP contribution in [0.5, 0.6) is 0 Å². The van der Waals surface area contributed by atoms with Gasteiger partial charge in [0, 0.05) is 6.54 Å². The van der Waals surface area contributed by atoms with E-state index in [9.17, 15) is 14.4 Å². The Balaban J connectivity index is 2.94. The van der Waals surface area contributed by atoms with Crippen molar-refractivity contribution in [3.05, 3.63) is 0 Å². The number of carbonyl (C=O) groups excluding carboxylic acids is 3. The van der Waals surface area contributed by atoms with Gasteiger partial charge in [-0.3, -0.25) is 25.1 Å². The number of rotatable bonds is 4. The molecule has 0 aromatic carbocycles. The van der Waals surface area contributed by atoms with Crippen molar-refractivity contribution in [3.8, 4) is 0 Å². The molecule has 0 radical (unpaired) electrons. The third-order valence-corrected chi connectivity index (χ3v) is 2.64. The van der Waals surface area contributed by atoms with Gasteiger partial charge >= 0.3 is 6.03 Å². The second-order valence-electron chi connectivity index (χ2n) is 3.86. The fraction of sp³-hybridized carbons (Fsp3) is 0.700. The van der Waals surface area contributed by atoms with Crippen LogP contribution >= 0.6 is 0 Å². The quantitative estimate of drug-likeness (QED) is 0.654. The molecule has 1 unspecified atom stereocenters. The van der Waals surface area contributed by atoms with Crippen molar-refractivity contribution >= 4 is 17.8 Å². The lowest BCUT2D eigenvalue weighted by Gasteiger charge is -2.36. The second kappa shape index (κ2) is 4.61. The molecule has 6 heteroatoms. The average Bonchev–Trinajstić information content (AvgIpc) is 2.24. The standard InChI is InChI=1S/C10H17N3O3/c1-4-6-11-10(3)7(14)12-9(16)13(5-2)8(10)15/h11H,4-6H2,1-3H3,(H,12,14,16). The highest BCUT2D eigenvalue weighted by molar-refractivity contribution is 6.22. The van der Waals surface area contributed by atoms with Crippen LogP contribution in [0.15, 0.2) is 0 Å². The van der Waals surface area contributed by atoms with Gasteiger partial charge in [-0.15, -0.1) is 0 Å². The van der Waals surface area contributed by atoms with Gasteiger partial charge < -0.3 is 0 Å². The second-order valence-corrected chi connectivity index (χ2v) is 3.86. The minimum atomic E-state index is -1.33. The number of nitrogens with one attached hydrogen (secondary N) is 2. The van der Waals surface area contributed by atoms with Crippen molar-refractivity contribution in [1.29, 1.82) is 0 Å². The Hall–Kier alpha value is -1.43. The number of nitrogens with zero attached hydrogens (tertiary/aromatic N) is 1. The van der Waals surface area contributed by atoms with Gasteiger partial charge in [-0.25, -0.2) is 4.79 Å². The molecule has 1 atom stereocenters. The van der Waals surface area contributed by atoms with E-state index in [0.717, 1.165) is 11.3 Å². The lowest BCUT2D eigenvalue weighted by Crippen LogP contribution is -2.71. The zero-order valence-electron chi connectivity index (χ0n) is 9.79. The number of hydrogen-bond donors (Lipinski definition) is 2. The van der Waals surface area contributed by atoms with Gasteiger partial charge in [-0.05, 0) is 26.8 Å². The number of carbonyl (C=O) groups is 3. The summed E-state index contributed by atoms with van der Waals surface area (Å²) in [6, 6.07) is -0.645. The summed E-state index contributed by atoms with van der Waals surface area (Å²) in [7, 11) is 0. The molecule has 0 aromatic rings. The summed E-state index contributed by atoms with van der Waals surface area (Å²) < 4.78 is 0. The zero-order chi connectivity index (χ0) is 12.3. The number of amides is 4. The fourth-order valence-corrected chi connectivity index (χ4v) is 1.57. The van der Waals surface area contributed by atoms with Crippen LogP contribution in [0.4, 0.5) is 4.79 Å². The fourth-order valence-electron chi connectivity index (χ4n) is 1.57. The highest BCUT2D eigenvalue weighted by atomic mass is 16.2. The molecule has 1 fully saturated rings. The Bertz CT molecular complexity index is 329. The molecule has 4 amide bonds. The van der Waals surface area contributed by atoms with E-state index in [2.05, 4.69) is 10.6 Å². The maximum atomic E-state index is 12.0. The zero-order valence-corrected chi connectivity index (χ0v) is 9.79. The molecule has 0 saturated carbocycles. The summed E-state index contributed by atoms with van der Waals surface area (Å²) in [5, 5.41) is 5.05. The first kappa shape index (κ1) is 12.6. The SMILES string of the molecule is CCCNC1(C)C(=O)NC(=O)N(CC)C1=O. The van der Waals surface area contributed by atoms with E-state index in [4.69, 9.17) is 0 Å². The third-order valence-electron chi connectivity index (χ3n) is 2.64. The van der Waals surface area contributed by atoms with E-state index in [1.54, 1.807) is 6.92 Å². The normalized spacial score (nSPS) is 25.9. The highest BCUT2D eigenvalue weighted by Crippen LogP contribution is 2.14. The molecule has 90 valence electrons. The number of hydrogen-bond acceptors (Lipinski definition) is 4. The van der Waals surface area contributed by atoms with Gasteiger partial charge in [-0.1, -0.05) is 6.92 Å². The van der Waals surface area contributed by atoms with Gasteiger partial charge in [0.2, 0.25) is 0 Å². The molecule has 16 heavy (non-hydrogen) atoms. The van der Waals surface area contributed by atoms with Crippen molar-refractivity contribution in [1.82, 2.24) is 15.5 Å². The average molecular weight is 227 g/mol. The van der Waals surface area contributed by atoms with Crippen LogP contribution in [0, 0.1) is 0 Å². The summed E-state index contributed by atoms with van der Waals surface area (Å²) in [5.74, 6) is -1.07. The number of likely N-dealkylation sites (N-methyl/N-ethyl adjacent to an activating group) is 1. The molecule has 0 spiro atoms. The molecule has 2 N–H and O–H groups in total. The first-order valence-corrected chi connectivity index (χ1v) is 5.39. The van der Waals surface area contributed by atoms with Crippen LogP contribution < -0.4 is 10.6 Å². The van der Waals surface area contributed by atoms with Gasteiger partial charge in [0.25, 0.3) is 11.8 Å². The van der Waals surface area contributed by atoms with E-state index in [0.29, 0.717) is 6.54 Å². The maximum Gasteiger partial charge on any atom is 0.330 e. The monoisotopic (exact) mass is 227 g/mol. The van der Waals surface area contributed by atoms with E-state index in [1.165, 1.54) is 6.92 Å². The first-order valence-electron chi connectivity index (χ1n) is 5.39. The number of urea groups is 1. The van der Waals surface area contributed by atoms with E-state index >= 15 is 0 Å². The number of barbiturate groups is 1. The van der Waals surface area contributed by atoms with Gasteiger partial charge in [0.1, 0.15) is 0 Å². The molecular weight excluding hydrogens is 210 g/mol. The lowest BCUT2D eigenvalue weighted by molar-refractivity contribution is -0.145. The molecule has 1 heterocycles. The Morgan fingerprint density at radius 1 is 1.31 bits per heavy atom. The molecule has 1 saturated heterocycles. The van der Waals surface area contributed by atoms with Gasteiger partial charge in [-0.2, -0.15) is 0 Å². The minimum absolute atomic E-state index is 0.251. The third kappa shape index (κ3) is 1.92. The Kier molecular flexibility index (Phi) is 3.64. The maximum absolute atomic E-state index is 12.0. The van der Waals surface area contributed by atoms with Crippen molar-refractivity contribution in [2.75, 3.05) is 13.1 Å². The predicted octanol–water partition coefficient (Wildman–Crippen LogP) is -0.157. The summed E-state index contributed by atoms with van der Waals surface area (Å²) >= 11 is 0. The van der Waals surface area contributed by atoms with Gasteiger partial charge in [0.05, 0.1) is 0 Å². The Morgan fingerprint density at radius 3 is 2.44 bits per heavy atom. The molecule has 0 bridgehead atoms. The van der Waals surface area contributed by atoms with Crippen molar-refractivity contribution < 1.29 is 14.4 Å². The van der Waals surface area contributed by atoms with E-state index in [-0.39, 0.29) is 6.54 Å². The number of imide groups is 2. The van der Waals surface area contributed by atoms with Crippen molar-refractivity contribution in [2.24, 2.45) is 0 Å². The summed E-state index contributed by atoms with van der Waals surface area (Å²) in [6.45, 7) is 5.91. The molecule has 1 aliphatic heterocycles. The van der Waals surface area contributed by atoms with Crippen molar-refractivity contribution in [3.63, 3.8) is 0 Å². The molecule has 0 aliphatic carbocycles. The summed E-state index contributed by atoms with van der Waals surface area (Å²) in [4.78, 5) is 36.0. The first-order chi connectivity index (χ1) is 7.47. The van der Waals surface area contributed by atoms with Crippen LogP contribution in [0.1, 0.15) is 27.2 Å². The van der Waals surface area contributed by atoms with E-state index in [1.807, 2.05) is 6.92 Å². The van der Waals surface area contributed by atoms with Crippen LogP contribution in [0.25, 0.3) is 0 Å². The topological polar surface area (TPSA) is 78.5 Å². The predicted molar refractivity (Wildman–Crippen MR) is 57.6 cm³/mol. The Morgan fingerprint density at radius 2 is 1.94 bits per heavy atom. The van der Waals surface area contributed by atoms with Crippen LogP contribution in [-0.2, 0) is 9.59 Å². The van der Waals surface area contributed by atoms with E-state index < -0.39 is 23.4 Å². The highest BCUT2D eigenvalue weighted by Gasteiger charge is 2.49. The van der Waals surface area contributed by atoms with Crippen LogP contribution in [-0.4, -0.2) is 41.4 Å². The molecule has 1 rings (SSSR count). The summed E-state index contributed by atoms with van der Waals surface area (Å²) in [6.07, 6.45) is 0.802. The summed E-state index contributed by atoms with van der Waals surface area (Å²) in [5.41, 5.74) is -1.33. The molecular formula is C10H17N3O3. The van der Waals surface area contributed by atoms with Crippen molar-refractivity contribution in [2.45, 2.75) is 32.7 Å². The largest absolute Gasteiger partial charge is 0.330 e. The molecule has 6 nitrogen and oxygen atoms in total. The van der Waals surface area contributed by atoms with Gasteiger partial charge in [0.15, 0.2) is 5.54 Å². The lowest BCUT2D eigenvalue weighted by atomic mass is 9.97. The van der Waals surface area contributed by atoms with Crippen LogP contribution in [0.2, 0.25) is 0 Å². The van der Waals surface area contributed by atoms with Crippen LogP contribution in [0.3, 0.4) is 0 Å². The Labute approximate surface area is 94.4 Å². The molecule has 0 aromatic heterocycles. The smallest absolute Gasteiger partial charge is 0.296 e. The molecule has 1 aliphatic rings.